The minimum atomic E-state index is -1.27. The van der Waals surface area contributed by atoms with Gasteiger partial charge in [0, 0.05) is 40.1 Å². The van der Waals surface area contributed by atoms with Crippen LogP contribution in [0, 0.1) is 0 Å². The number of nitrogens with zero attached hydrogens (tertiary/aromatic N) is 2. The van der Waals surface area contributed by atoms with Crippen molar-refractivity contribution in [2.75, 3.05) is 0 Å². The molecular formula is C26H29N3O2S. The summed E-state index contributed by atoms with van der Waals surface area (Å²) in [5.74, 6) is 0.0295. The van der Waals surface area contributed by atoms with E-state index in [0.29, 0.717) is 0 Å². The molecule has 2 aromatic carbocycles. The van der Waals surface area contributed by atoms with Crippen molar-refractivity contribution in [2.24, 2.45) is 0 Å². The van der Waals surface area contributed by atoms with Gasteiger partial charge in [0.2, 0.25) is 0 Å². The van der Waals surface area contributed by atoms with Crippen LogP contribution in [-0.4, -0.2) is 19.4 Å². The molecule has 0 radical (unpaired) electrons. The van der Waals surface area contributed by atoms with Crippen molar-refractivity contribution >= 4 is 22.3 Å². The molecule has 166 valence electrons. The van der Waals surface area contributed by atoms with Gasteiger partial charge in [-0.3, -0.25) is 4.98 Å². The number of benzene rings is 2. The van der Waals surface area contributed by atoms with Crippen molar-refractivity contribution in [2.45, 2.75) is 50.8 Å². The van der Waals surface area contributed by atoms with Gasteiger partial charge in [-0.15, -0.1) is 4.72 Å². The van der Waals surface area contributed by atoms with Gasteiger partial charge in [0.1, 0.15) is 10.4 Å². The van der Waals surface area contributed by atoms with E-state index in [-0.39, 0.29) is 12.0 Å². The number of pyridine rings is 1. The second-order valence-corrected chi connectivity index (χ2v) is 10.9. The Morgan fingerprint density at radius 1 is 1.00 bits per heavy atom. The summed E-state index contributed by atoms with van der Waals surface area (Å²) in [7, 11) is 0. The molecule has 0 bridgehead atoms. The van der Waals surface area contributed by atoms with Gasteiger partial charge >= 0.3 is 0 Å². The molecule has 4 rings (SSSR count). The second kappa shape index (κ2) is 9.45. The molecule has 0 aliphatic carbocycles. The maximum absolute atomic E-state index is 13.3. The first-order valence-electron chi connectivity index (χ1n) is 10.9. The zero-order valence-electron chi connectivity index (χ0n) is 18.9. The smallest absolute Gasteiger partial charge is 0.167 e. The van der Waals surface area contributed by atoms with E-state index >= 15 is 0 Å². The Hall–Kier alpha value is -2.67. The third-order valence-corrected chi connectivity index (χ3v) is 7.21. The third-order valence-electron chi connectivity index (χ3n) is 5.63. The Morgan fingerprint density at radius 2 is 1.72 bits per heavy atom. The van der Waals surface area contributed by atoms with Crippen molar-refractivity contribution in [1.82, 2.24) is 14.9 Å². The number of hydrogen-bond acceptors (Lipinski definition) is 5. The van der Waals surface area contributed by atoms with Crippen LogP contribution < -0.4 is 4.72 Å². The fourth-order valence-electron chi connectivity index (χ4n) is 3.93. The highest BCUT2D eigenvalue weighted by Gasteiger charge is 2.35. The molecule has 0 spiro atoms. The molecule has 0 aliphatic rings. The maximum Gasteiger partial charge on any atom is 0.167 e. The number of rotatable bonds is 7. The van der Waals surface area contributed by atoms with Crippen molar-refractivity contribution in [3.8, 4) is 11.3 Å². The topological polar surface area (TPSA) is 74.0 Å². The highest BCUT2D eigenvalue weighted by atomic mass is 32.2. The van der Waals surface area contributed by atoms with E-state index in [2.05, 4.69) is 33.9 Å². The molecule has 0 saturated carbocycles. The predicted octanol–water partition coefficient (Wildman–Crippen LogP) is 6.18. The molecule has 0 amide bonds. The van der Waals surface area contributed by atoms with Crippen LogP contribution in [0.2, 0.25) is 0 Å². The molecule has 0 fully saturated rings. The Bertz CT molecular complexity index is 1170. The van der Waals surface area contributed by atoms with Crippen LogP contribution in [0.1, 0.15) is 57.3 Å². The van der Waals surface area contributed by atoms with Crippen molar-refractivity contribution in [3.05, 3.63) is 84.2 Å². The van der Waals surface area contributed by atoms with Crippen LogP contribution in [0.5, 0.6) is 0 Å². The van der Waals surface area contributed by atoms with Gasteiger partial charge in [-0.05, 0) is 57.0 Å². The summed E-state index contributed by atoms with van der Waals surface area (Å²) in [6, 6.07) is 21.8. The van der Waals surface area contributed by atoms with Gasteiger partial charge < -0.3 is 9.08 Å². The maximum atomic E-state index is 13.3. The summed E-state index contributed by atoms with van der Waals surface area (Å²) in [6.45, 7) is 8.08. The molecule has 5 nitrogen and oxygen atoms in total. The first kappa shape index (κ1) is 22.5. The molecule has 2 aromatic heterocycles. The predicted molar refractivity (Wildman–Crippen MR) is 130 cm³/mol. The highest BCUT2D eigenvalue weighted by Crippen LogP contribution is 2.40. The summed E-state index contributed by atoms with van der Waals surface area (Å²) >= 11 is -1.27. The second-order valence-electron chi connectivity index (χ2n) is 8.86. The molecule has 1 N–H and O–H groups in total. The monoisotopic (exact) mass is 447 g/mol. The van der Waals surface area contributed by atoms with Gasteiger partial charge in [-0.25, -0.2) is 0 Å². The van der Waals surface area contributed by atoms with E-state index in [0.717, 1.165) is 39.9 Å². The lowest BCUT2D eigenvalue weighted by Crippen LogP contribution is -2.43. The van der Waals surface area contributed by atoms with E-state index < -0.39 is 16.1 Å². The lowest BCUT2D eigenvalue weighted by molar-refractivity contribution is 0.456. The number of aromatic nitrogens is 2. The standard InChI is InChI=1S/C26H29N3O2S/c1-5-18(22-15-10-11-17-27-22)25(29-32(30)26(2,3)4)20-13-7-6-12-19(20)24-21-14-8-9-16-23(21)31-28-24/h6-18,25,29H,5H2,1-4H3/t18?,25-,32?/m0/s1. The van der Waals surface area contributed by atoms with Crippen molar-refractivity contribution in [1.29, 1.82) is 0 Å². The fraction of sp³-hybridized carbons (Fsp3) is 0.308. The zero-order valence-corrected chi connectivity index (χ0v) is 19.7. The molecule has 3 atom stereocenters. The van der Waals surface area contributed by atoms with Gasteiger partial charge in [0.05, 0.1) is 6.04 Å². The van der Waals surface area contributed by atoms with Crippen LogP contribution in [0.15, 0.2) is 77.4 Å². The summed E-state index contributed by atoms with van der Waals surface area (Å²) in [5.41, 5.74) is 4.51. The normalized spacial score (nSPS) is 14.9. The van der Waals surface area contributed by atoms with Crippen LogP contribution in [-0.2, 0) is 11.4 Å². The number of nitrogens with one attached hydrogen (secondary N) is 1. The number of para-hydroxylation sites is 1. The number of hydrogen-bond donors (Lipinski definition) is 1. The minimum Gasteiger partial charge on any atom is -0.598 e. The fourth-order valence-corrected chi connectivity index (χ4v) is 4.80. The molecule has 2 heterocycles. The van der Waals surface area contributed by atoms with Crippen molar-refractivity contribution in [3.63, 3.8) is 0 Å². The van der Waals surface area contributed by atoms with Crippen LogP contribution in [0.4, 0.5) is 0 Å². The molecule has 0 saturated heterocycles. The Balaban J connectivity index is 1.87. The van der Waals surface area contributed by atoms with Gasteiger partial charge in [-0.2, -0.15) is 0 Å². The minimum absolute atomic E-state index is 0.0295. The lowest BCUT2D eigenvalue weighted by Gasteiger charge is -2.32. The van der Waals surface area contributed by atoms with E-state index in [9.17, 15) is 4.55 Å². The third kappa shape index (κ3) is 4.58. The summed E-state index contributed by atoms with van der Waals surface area (Å²) in [5, 5.41) is 5.36. The van der Waals surface area contributed by atoms with E-state index in [1.54, 1.807) is 0 Å². The molecule has 4 aromatic rings. The first-order valence-corrected chi connectivity index (χ1v) is 12.1. The van der Waals surface area contributed by atoms with Crippen LogP contribution >= 0.6 is 0 Å². The van der Waals surface area contributed by atoms with Gasteiger partial charge in [-0.1, -0.05) is 54.5 Å². The average molecular weight is 448 g/mol. The van der Waals surface area contributed by atoms with Gasteiger partial charge in [0.25, 0.3) is 0 Å². The molecule has 0 aliphatic heterocycles. The largest absolute Gasteiger partial charge is 0.598 e. The number of fused-ring (bicyclic) bond motifs is 1. The molecule has 6 heteroatoms. The van der Waals surface area contributed by atoms with Crippen LogP contribution in [0.3, 0.4) is 0 Å². The summed E-state index contributed by atoms with van der Waals surface area (Å²) < 4.78 is 21.9. The summed E-state index contributed by atoms with van der Waals surface area (Å²) in [4.78, 5) is 4.64. The molecular weight excluding hydrogens is 418 g/mol. The SMILES string of the molecule is CCC(c1ccccn1)[C@H](N[S+]([O-])C(C)(C)C)c1ccccc1-c1noc2ccccc12. The molecule has 32 heavy (non-hydrogen) atoms. The zero-order chi connectivity index (χ0) is 22.7. The first-order chi connectivity index (χ1) is 15.4. The quantitative estimate of drug-likeness (QED) is 0.343. The van der Waals surface area contributed by atoms with Gasteiger partial charge in [0.15, 0.2) is 5.58 Å². The van der Waals surface area contributed by atoms with E-state index in [1.807, 2.05) is 81.6 Å². The molecule has 2 unspecified atom stereocenters. The lowest BCUT2D eigenvalue weighted by atomic mass is 9.85. The Labute approximate surface area is 192 Å². The average Bonchev–Trinajstić information content (AvgIpc) is 3.23. The van der Waals surface area contributed by atoms with E-state index in [1.165, 1.54) is 0 Å². The van der Waals surface area contributed by atoms with E-state index in [4.69, 9.17) is 4.52 Å². The van der Waals surface area contributed by atoms with Crippen molar-refractivity contribution < 1.29 is 9.08 Å². The Morgan fingerprint density at radius 3 is 2.44 bits per heavy atom. The highest BCUT2D eigenvalue weighted by molar-refractivity contribution is 7.90. The summed E-state index contributed by atoms with van der Waals surface area (Å²) in [6.07, 6.45) is 2.65. The Kier molecular flexibility index (Phi) is 6.65. The van der Waals surface area contributed by atoms with Crippen LogP contribution in [0.25, 0.3) is 22.2 Å².